The predicted molar refractivity (Wildman–Crippen MR) is 139 cm³/mol. The fraction of sp³-hybridized carbons (Fsp3) is 0.192. The summed E-state index contributed by atoms with van der Waals surface area (Å²) in [5.41, 5.74) is 1.97. The molecule has 9 heteroatoms. The topological polar surface area (TPSA) is 80.2 Å². The van der Waals surface area contributed by atoms with Crippen molar-refractivity contribution in [3.8, 4) is 16.1 Å². The highest BCUT2D eigenvalue weighted by Crippen LogP contribution is 2.36. The highest BCUT2D eigenvalue weighted by atomic mass is 35.5. The Hall–Kier alpha value is -3.46. The maximum Gasteiger partial charge on any atom is 0.333 e. The predicted octanol–water partition coefficient (Wildman–Crippen LogP) is 4.59. The number of hydrogen-bond donors (Lipinski definition) is 1. The van der Waals surface area contributed by atoms with Crippen LogP contribution in [-0.4, -0.2) is 39.8 Å². The van der Waals surface area contributed by atoms with Crippen LogP contribution >= 0.6 is 22.9 Å². The van der Waals surface area contributed by atoms with E-state index in [4.69, 9.17) is 16.3 Å². The van der Waals surface area contributed by atoms with Crippen LogP contribution < -0.4 is 16.1 Å². The molecule has 174 valence electrons. The standard InChI is InChI=1S/C26H19ClN4O3S/c27-20-4-2-1-3-18(20)23-9-21-24(35-23)25(32)31(26(33)29-21)22-11-28-10-14-5-6-15(8-19(14)22)30-12-17-7-16(30)13-34-17/h1-6,8-11,16-17H,7,12-13H2,(H,29,33)/t16-,17-/m0/s1. The first kappa shape index (κ1) is 20.9. The lowest BCUT2D eigenvalue weighted by Gasteiger charge is -2.29. The number of anilines is 1. The summed E-state index contributed by atoms with van der Waals surface area (Å²) >= 11 is 7.69. The summed E-state index contributed by atoms with van der Waals surface area (Å²) in [6.45, 7) is 1.58. The number of aromatic amines is 1. The van der Waals surface area contributed by atoms with Crippen LogP contribution in [0.25, 0.3) is 37.1 Å². The van der Waals surface area contributed by atoms with Crippen molar-refractivity contribution in [1.29, 1.82) is 0 Å². The van der Waals surface area contributed by atoms with Crippen molar-refractivity contribution in [3.63, 3.8) is 0 Å². The van der Waals surface area contributed by atoms with Crippen LogP contribution in [0.5, 0.6) is 0 Å². The molecular weight excluding hydrogens is 484 g/mol. The van der Waals surface area contributed by atoms with Gasteiger partial charge in [0.25, 0.3) is 5.56 Å². The largest absolute Gasteiger partial charge is 0.374 e. The molecule has 2 atom stereocenters. The van der Waals surface area contributed by atoms with Gasteiger partial charge in [0.05, 0.1) is 36.2 Å². The normalized spacial score (nSPS) is 19.3. The van der Waals surface area contributed by atoms with Crippen LogP contribution in [-0.2, 0) is 4.74 Å². The van der Waals surface area contributed by atoms with E-state index in [1.54, 1.807) is 24.5 Å². The van der Waals surface area contributed by atoms with Crippen molar-refractivity contribution in [2.75, 3.05) is 18.1 Å². The maximum atomic E-state index is 13.6. The van der Waals surface area contributed by atoms with E-state index in [-0.39, 0.29) is 11.7 Å². The number of ether oxygens (including phenoxy) is 1. The Morgan fingerprint density at radius 3 is 2.80 bits per heavy atom. The summed E-state index contributed by atoms with van der Waals surface area (Å²) < 4.78 is 7.40. The van der Waals surface area contributed by atoms with Gasteiger partial charge >= 0.3 is 5.69 Å². The number of aromatic nitrogens is 3. The summed E-state index contributed by atoms with van der Waals surface area (Å²) in [5.74, 6) is 0. The third-order valence-electron chi connectivity index (χ3n) is 6.91. The van der Waals surface area contributed by atoms with Crippen LogP contribution in [0.2, 0.25) is 5.02 Å². The maximum absolute atomic E-state index is 13.6. The number of benzene rings is 2. The van der Waals surface area contributed by atoms with E-state index in [2.05, 4.69) is 20.9 Å². The number of fused-ring (bicyclic) bond motifs is 4. The van der Waals surface area contributed by atoms with Crippen molar-refractivity contribution >= 4 is 49.6 Å². The summed E-state index contributed by atoms with van der Waals surface area (Å²) in [4.78, 5) is 37.2. The molecule has 7 nitrogen and oxygen atoms in total. The zero-order chi connectivity index (χ0) is 23.7. The molecule has 0 spiro atoms. The van der Waals surface area contributed by atoms with Gasteiger partial charge in [-0.1, -0.05) is 35.9 Å². The van der Waals surface area contributed by atoms with E-state index >= 15 is 0 Å². The second-order valence-electron chi connectivity index (χ2n) is 8.97. The van der Waals surface area contributed by atoms with Crippen LogP contribution in [0.1, 0.15) is 6.42 Å². The Bertz CT molecular complexity index is 1760. The van der Waals surface area contributed by atoms with Gasteiger partial charge in [0.15, 0.2) is 0 Å². The minimum Gasteiger partial charge on any atom is -0.374 e. The summed E-state index contributed by atoms with van der Waals surface area (Å²) in [6.07, 6.45) is 4.63. The number of pyridine rings is 1. The van der Waals surface area contributed by atoms with Crippen molar-refractivity contribution in [3.05, 3.63) is 86.8 Å². The molecule has 5 aromatic rings. The number of morpholine rings is 1. The third kappa shape index (κ3) is 3.25. The number of rotatable bonds is 3. The lowest BCUT2D eigenvalue weighted by molar-refractivity contribution is 0.0991. The SMILES string of the molecule is O=c1[nH]c2cc(-c3ccccc3Cl)sc2c(=O)n1-c1cncc2ccc(N3C[C@@H]4C[C@H]3CO4)cc12. The van der Waals surface area contributed by atoms with Gasteiger partial charge in [-0.05, 0) is 30.7 Å². The number of halogens is 1. The van der Waals surface area contributed by atoms with Crippen molar-refractivity contribution < 1.29 is 4.74 Å². The number of nitrogens with zero attached hydrogens (tertiary/aromatic N) is 3. The van der Waals surface area contributed by atoms with E-state index in [1.165, 1.54) is 15.9 Å². The lowest BCUT2D eigenvalue weighted by Crippen LogP contribution is -2.37. The molecule has 1 N–H and O–H groups in total. The molecule has 2 aromatic carbocycles. The Kier molecular flexibility index (Phi) is 4.64. The number of H-pyrrole nitrogens is 1. The molecule has 2 aliphatic heterocycles. The van der Waals surface area contributed by atoms with Crippen LogP contribution in [0.15, 0.2) is 70.5 Å². The molecule has 2 aliphatic rings. The van der Waals surface area contributed by atoms with Crippen LogP contribution in [0.3, 0.4) is 0 Å². The van der Waals surface area contributed by atoms with Gasteiger partial charge < -0.3 is 14.6 Å². The smallest absolute Gasteiger partial charge is 0.333 e. The highest BCUT2D eigenvalue weighted by Gasteiger charge is 2.39. The molecule has 0 radical (unpaired) electrons. The van der Waals surface area contributed by atoms with Gasteiger partial charge in [-0.15, -0.1) is 11.3 Å². The van der Waals surface area contributed by atoms with Gasteiger partial charge in [0.2, 0.25) is 0 Å². The van der Waals surface area contributed by atoms with Crippen molar-refractivity contribution in [1.82, 2.24) is 14.5 Å². The summed E-state index contributed by atoms with van der Waals surface area (Å²) in [5, 5.41) is 2.26. The molecule has 0 amide bonds. The van der Waals surface area contributed by atoms with Gasteiger partial charge in [0, 0.05) is 44.7 Å². The molecule has 0 unspecified atom stereocenters. The molecular formula is C26H19ClN4O3S. The van der Waals surface area contributed by atoms with E-state index in [0.717, 1.165) is 46.5 Å². The number of hydrogen-bond acceptors (Lipinski definition) is 6. The lowest BCUT2D eigenvalue weighted by atomic mass is 10.1. The molecule has 0 saturated carbocycles. The fourth-order valence-corrected chi connectivity index (χ4v) is 6.61. The van der Waals surface area contributed by atoms with E-state index in [9.17, 15) is 9.59 Å². The Morgan fingerprint density at radius 2 is 2.00 bits per heavy atom. The average molecular weight is 503 g/mol. The van der Waals surface area contributed by atoms with Crippen molar-refractivity contribution in [2.45, 2.75) is 18.6 Å². The zero-order valence-corrected chi connectivity index (χ0v) is 20.0. The summed E-state index contributed by atoms with van der Waals surface area (Å²) in [7, 11) is 0. The average Bonchev–Trinajstić information content (AvgIpc) is 3.60. The first-order valence-corrected chi connectivity index (χ1v) is 12.6. The van der Waals surface area contributed by atoms with Gasteiger partial charge in [0.1, 0.15) is 4.70 Å². The van der Waals surface area contributed by atoms with Crippen LogP contribution in [0.4, 0.5) is 5.69 Å². The Labute approximate surface area is 208 Å². The number of nitrogens with one attached hydrogen (secondary N) is 1. The Morgan fingerprint density at radius 1 is 1.11 bits per heavy atom. The van der Waals surface area contributed by atoms with Gasteiger partial charge in [-0.25, -0.2) is 9.36 Å². The molecule has 3 aromatic heterocycles. The summed E-state index contributed by atoms with van der Waals surface area (Å²) in [6, 6.07) is 15.7. The molecule has 0 aliphatic carbocycles. The van der Waals surface area contributed by atoms with E-state index in [1.807, 2.05) is 30.3 Å². The van der Waals surface area contributed by atoms with Crippen LogP contribution in [0, 0.1) is 0 Å². The monoisotopic (exact) mass is 502 g/mol. The molecule has 7 rings (SSSR count). The second kappa shape index (κ2) is 7.78. The minimum absolute atomic E-state index is 0.270. The first-order valence-electron chi connectivity index (χ1n) is 11.4. The molecule has 35 heavy (non-hydrogen) atoms. The molecule has 2 bridgehead atoms. The Balaban J connectivity index is 1.41. The first-order chi connectivity index (χ1) is 17.1. The van der Waals surface area contributed by atoms with Gasteiger partial charge in [-0.3, -0.25) is 9.78 Å². The number of thiophene rings is 1. The zero-order valence-electron chi connectivity index (χ0n) is 18.4. The van der Waals surface area contributed by atoms with Crippen molar-refractivity contribution in [2.24, 2.45) is 0 Å². The highest BCUT2D eigenvalue weighted by molar-refractivity contribution is 7.22. The molecule has 2 saturated heterocycles. The fourth-order valence-electron chi connectivity index (χ4n) is 5.23. The van der Waals surface area contributed by atoms with Gasteiger partial charge in [-0.2, -0.15) is 0 Å². The molecule has 2 fully saturated rings. The van der Waals surface area contributed by atoms with E-state index < -0.39 is 5.69 Å². The second-order valence-corrected chi connectivity index (χ2v) is 10.4. The quantitative estimate of drug-likeness (QED) is 0.390. The van der Waals surface area contributed by atoms with E-state index in [0.29, 0.717) is 27.0 Å². The minimum atomic E-state index is -0.501. The third-order valence-corrected chi connectivity index (χ3v) is 8.40. The molecule has 5 heterocycles.